The molecule has 6 rings (SSSR count). The zero-order valence-corrected chi connectivity index (χ0v) is 27.1. The average Bonchev–Trinajstić information content (AvgIpc) is 3.83. The number of alkyl carbamates (subject to hydrolysis) is 1. The van der Waals surface area contributed by atoms with Crippen molar-refractivity contribution in [1.29, 1.82) is 0 Å². The van der Waals surface area contributed by atoms with E-state index in [4.69, 9.17) is 14.1 Å². The highest BCUT2D eigenvalue weighted by Crippen LogP contribution is 2.35. The Kier molecular flexibility index (Phi) is 8.38. The number of hydrogen-bond donors (Lipinski definition) is 1. The van der Waals surface area contributed by atoms with Crippen LogP contribution in [0, 0.1) is 6.92 Å². The maximum absolute atomic E-state index is 14.0. The summed E-state index contributed by atoms with van der Waals surface area (Å²) in [6.45, 7) is 9.73. The minimum absolute atomic E-state index is 0.0739. The Morgan fingerprint density at radius 1 is 1.11 bits per heavy atom. The molecule has 0 bridgehead atoms. The SMILES string of the molecule is Cc1csc(C2CCCN2C(=O)c2cc(-c3nnc(C(C)(Cc4ccccc4)NC(=O)OC(C)(C)C)o3)nc(-n3cncn3)c2)n1. The lowest BCUT2D eigenvalue weighted by Gasteiger charge is -2.29. The van der Waals surface area contributed by atoms with Crippen LogP contribution in [0.2, 0.25) is 0 Å². The summed E-state index contributed by atoms with van der Waals surface area (Å²) in [6, 6.07) is 12.9. The maximum atomic E-state index is 14.0. The second-order valence-electron chi connectivity index (χ2n) is 12.5. The molecule has 0 saturated carbocycles. The first-order valence-electron chi connectivity index (χ1n) is 15.0. The number of hydrogen-bond acceptors (Lipinski definition) is 11. The second kappa shape index (κ2) is 12.4. The number of aryl methyl sites for hydroxylation is 1. The third-order valence-electron chi connectivity index (χ3n) is 7.44. The number of benzene rings is 1. The van der Waals surface area contributed by atoms with Crippen molar-refractivity contribution >= 4 is 23.3 Å². The van der Waals surface area contributed by atoms with Crippen molar-refractivity contribution in [3.8, 4) is 17.4 Å². The van der Waals surface area contributed by atoms with E-state index in [1.54, 1.807) is 51.2 Å². The molecule has 1 N–H and O–H groups in total. The zero-order valence-electron chi connectivity index (χ0n) is 26.3. The Hall–Kier alpha value is -4.98. The van der Waals surface area contributed by atoms with Gasteiger partial charge in [0.05, 0.1) is 6.04 Å². The number of rotatable bonds is 8. The molecule has 2 atom stereocenters. The molecule has 0 spiro atoms. The number of pyridine rings is 1. The van der Waals surface area contributed by atoms with Crippen LogP contribution in [-0.2, 0) is 16.7 Å². The summed E-state index contributed by atoms with van der Waals surface area (Å²) in [7, 11) is 0. The number of amides is 2. The molecule has 1 saturated heterocycles. The Morgan fingerprint density at radius 2 is 1.91 bits per heavy atom. The molecular formula is C32H35N9O4S. The molecule has 1 fully saturated rings. The van der Waals surface area contributed by atoms with Crippen LogP contribution >= 0.6 is 11.3 Å². The van der Waals surface area contributed by atoms with E-state index >= 15 is 0 Å². The topological polar surface area (TPSA) is 154 Å². The Balaban J connectivity index is 1.36. The quantitative estimate of drug-likeness (QED) is 0.232. The number of thiazole rings is 1. The first kappa shape index (κ1) is 31.0. The van der Waals surface area contributed by atoms with Crippen molar-refractivity contribution in [3.05, 3.63) is 88.2 Å². The summed E-state index contributed by atoms with van der Waals surface area (Å²) >= 11 is 1.56. The van der Waals surface area contributed by atoms with Gasteiger partial charge in [-0.25, -0.2) is 24.4 Å². The van der Waals surface area contributed by atoms with E-state index in [1.165, 1.54) is 17.3 Å². The van der Waals surface area contributed by atoms with Crippen molar-refractivity contribution < 1.29 is 18.7 Å². The van der Waals surface area contributed by atoms with Gasteiger partial charge in [0.25, 0.3) is 11.8 Å². The highest BCUT2D eigenvalue weighted by Gasteiger charge is 2.37. The molecule has 14 heteroatoms. The summed E-state index contributed by atoms with van der Waals surface area (Å²) in [5, 5.41) is 18.7. The third-order valence-corrected chi connectivity index (χ3v) is 8.51. The van der Waals surface area contributed by atoms with E-state index in [0.29, 0.717) is 24.3 Å². The van der Waals surface area contributed by atoms with Gasteiger partial charge in [-0.2, -0.15) is 5.10 Å². The van der Waals surface area contributed by atoms with E-state index in [2.05, 4.69) is 30.6 Å². The van der Waals surface area contributed by atoms with E-state index in [0.717, 1.165) is 29.1 Å². The molecule has 238 valence electrons. The summed E-state index contributed by atoms with van der Waals surface area (Å²) in [5.41, 5.74) is 0.692. The molecular weight excluding hydrogens is 606 g/mol. The highest BCUT2D eigenvalue weighted by atomic mass is 32.1. The minimum atomic E-state index is -1.13. The van der Waals surface area contributed by atoms with Gasteiger partial charge in [0.2, 0.25) is 5.89 Å². The molecule has 1 aliphatic heterocycles. The Morgan fingerprint density at radius 3 is 2.61 bits per heavy atom. The zero-order chi connectivity index (χ0) is 32.5. The average molecular weight is 642 g/mol. The summed E-state index contributed by atoms with van der Waals surface area (Å²) in [4.78, 5) is 42.3. The molecule has 2 amide bonds. The van der Waals surface area contributed by atoms with E-state index in [1.807, 2.05) is 47.5 Å². The number of nitrogens with one attached hydrogen (secondary N) is 1. The predicted molar refractivity (Wildman–Crippen MR) is 169 cm³/mol. The second-order valence-corrected chi connectivity index (χ2v) is 13.3. The lowest BCUT2D eigenvalue weighted by atomic mass is 9.92. The highest BCUT2D eigenvalue weighted by molar-refractivity contribution is 7.09. The molecule has 5 heterocycles. The van der Waals surface area contributed by atoms with Gasteiger partial charge in [-0.15, -0.1) is 21.5 Å². The van der Waals surface area contributed by atoms with Gasteiger partial charge >= 0.3 is 6.09 Å². The third kappa shape index (κ3) is 6.81. The molecule has 1 aromatic carbocycles. The van der Waals surface area contributed by atoms with Crippen molar-refractivity contribution in [1.82, 2.24) is 45.1 Å². The van der Waals surface area contributed by atoms with Gasteiger partial charge in [-0.1, -0.05) is 30.3 Å². The fraction of sp³-hybridized carbons (Fsp3) is 0.375. The lowest BCUT2D eigenvalue weighted by Crippen LogP contribution is -2.47. The first-order chi connectivity index (χ1) is 22.0. The fourth-order valence-corrected chi connectivity index (χ4v) is 6.35. The number of aromatic nitrogens is 7. The summed E-state index contributed by atoms with van der Waals surface area (Å²) in [6.07, 6.45) is 4.32. The van der Waals surface area contributed by atoms with Crippen LogP contribution in [0.25, 0.3) is 17.4 Å². The lowest BCUT2D eigenvalue weighted by molar-refractivity contribution is 0.0443. The molecule has 5 aromatic rings. The first-order valence-corrected chi connectivity index (χ1v) is 15.8. The van der Waals surface area contributed by atoms with Gasteiger partial charge in [0, 0.05) is 29.6 Å². The van der Waals surface area contributed by atoms with Crippen molar-refractivity contribution in [2.24, 2.45) is 0 Å². The van der Waals surface area contributed by atoms with Gasteiger partial charge in [-0.3, -0.25) is 4.79 Å². The van der Waals surface area contributed by atoms with Gasteiger partial charge in [-0.05, 0) is 65.2 Å². The smallest absolute Gasteiger partial charge is 0.408 e. The van der Waals surface area contributed by atoms with Crippen LogP contribution < -0.4 is 5.32 Å². The Bertz CT molecular complexity index is 1830. The standard InChI is InChI=1S/C32H35N9O4S/c1-20-17-46-27(35-20)24-12-9-13-40(24)28(42)22-14-23(36-25(15-22)41-19-33-18-34-41)26-38-39-29(44-26)32(5,16-21-10-7-6-8-11-21)37-30(43)45-31(2,3)4/h6-8,10-11,14-15,17-19,24H,9,12-13,16H2,1-5H3,(H,37,43). The minimum Gasteiger partial charge on any atom is -0.444 e. The van der Waals surface area contributed by atoms with Gasteiger partial charge in [0.1, 0.15) is 34.5 Å². The number of ether oxygens (including phenoxy) is 1. The van der Waals surface area contributed by atoms with Crippen molar-refractivity contribution in [3.63, 3.8) is 0 Å². The van der Waals surface area contributed by atoms with E-state index < -0.39 is 17.2 Å². The predicted octanol–water partition coefficient (Wildman–Crippen LogP) is 5.44. The van der Waals surface area contributed by atoms with Crippen LogP contribution in [0.3, 0.4) is 0 Å². The number of likely N-dealkylation sites (tertiary alicyclic amines) is 1. The van der Waals surface area contributed by atoms with E-state index in [-0.39, 0.29) is 29.4 Å². The maximum Gasteiger partial charge on any atom is 0.408 e. The number of carbonyl (C=O) groups is 2. The molecule has 0 radical (unpaired) electrons. The summed E-state index contributed by atoms with van der Waals surface area (Å²) < 4.78 is 13.3. The molecule has 2 unspecified atom stereocenters. The normalized spacial score (nSPS) is 16.3. The molecule has 4 aromatic heterocycles. The largest absolute Gasteiger partial charge is 0.444 e. The van der Waals surface area contributed by atoms with Crippen LogP contribution in [0.15, 0.2) is 64.9 Å². The fourth-order valence-electron chi connectivity index (χ4n) is 5.41. The number of carbonyl (C=O) groups excluding carboxylic acids is 2. The van der Waals surface area contributed by atoms with Crippen LogP contribution in [0.1, 0.15) is 79.1 Å². The van der Waals surface area contributed by atoms with Gasteiger partial charge in [0.15, 0.2) is 5.82 Å². The molecule has 46 heavy (non-hydrogen) atoms. The van der Waals surface area contributed by atoms with Crippen LogP contribution in [0.5, 0.6) is 0 Å². The van der Waals surface area contributed by atoms with Crippen LogP contribution in [-0.4, -0.2) is 64.0 Å². The van der Waals surface area contributed by atoms with E-state index in [9.17, 15) is 9.59 Å². The van der Waals surface area contributed by atoms with Gasteiger partial charge < -0.3 is 19.4 Å². The molecule has 0 aliphatic carbocycles. The van der Waals surface area contributed by atoms with Crippen molar-refractivity contribution in [2.75, 3.05) is 6.54 Å². The monoisotopic (exact) mass is 641 g/mol. The number of nitrogens with zero attached hydrogens (tertiary/aromatic N) is 8. The Labute approximate surface area is 270 Å². The molecule has 1 aliphatic rings. The van der Waals surface area contributed by atoms with Crippen LogP contribution in [0.4, 0.5) is 4.79 Å². The molecule has 13 nitrogen and oxygen atoms in total. The summed E-state index contributed by atoms with van der Waals surface area (Å²) in [5.74, 6) is 0.417. The van der Waals surface area contributed by atoms with Crippen molar-refractivity contribution in [2.45, 2.75) is 71.1 Å².